The summed E-state index contributed by atoms with van der Waals surface area (Å²) in [5.74, 6) is -0.685. The van der Waals surface area contributed by atoms with Gasteiger partial charge in [-0.05, 0) is 46.4 Å². The lowest BCUT2D eigenvalue weighted by Crippen LogP contribution is -2.42. The van der Waals surface area contributed by atoms with Crippen LogP contribution in [-0.4, -0.2) is 11.8 Å². The Morgan fingerprint density at radius 1 is 1.05 bits per heavy atom. The standard InChI is InChI=1S/C15H12ClIN2O2/c16-11-6-7-13(17)12(9-11)15(21)19-18-14(20)8-10-4-2-1-3-5-10/h1-7,9H,8H2,(H,18,20)(H,19,21). The molecule has 4 nitrogen and oxygen atoms in total. The molecule has 21 heavy (non-hydrogen) atoms. The zero-order valence-corrected chi connectivity index (χ0v) is 13.8. The van der Waals surface area contributed by atoms with E-state index < -0.39 is 5.91 Å². The molecular formula is C15H12ClIN2O2. The van der Waals surface area contributed by atoms with Gasteiger partial charge in [-0.3, -0.25) is 20.4 Å². The molecule has 2 aromatic rings. The van der Waals surface area contributed by atoms with Crippen molar-refractivity contribution in [3.63, 3.8) is 0 Å². The predicted molar refractivity (Wildman–Crippen MR) is 89.9 cm³/mol. The van der Waals surface area contributed by atoms with Crippen LogP contribution in [0.1, 0.15) is 15.9 Å². The number of halogens is 2. The highest BCUT2D eigenvalue weighted by atomic mass is 127. The average Bonchev–Trinajstić information content (AvgIpc) is 2.48. The van der Waals surface area contributed by atoms with Gasteiger partial charge in [0.2, 0.25) is 5.91 Å². The number of carbonyl (C=O) groups is 2. The van der Waals surface area contributed by atoms with Crippen LogP contribution in [0.2, 0.25) is 5.02 Å². The molecular weight excluding hydrogens is 403 g/mol. The van der Waals surface area contributed by atoms with E-state index in [0.717, 1.165) is 9.13 Å². The first kappa shape index (κ1) is 15.8. The van der Waals surface area contributed by atoms with Gasteiger partial charge in [-0.25, -0.2) is 0 Å². The zero-order valence-electron chi connectivity index (χ0n) is 10.9. The minimum absolute atomic E-state index is 0.202. The Labute approximate surface area is 141 Å². The van der Waals surface area contributed by atoms with Crippen LogP contribution in [0, 0.1) is 3.57 Å². The molecule has 0 saturated carbocycles. The van der Waals surface area contributed by atoms with E-state index >= 15 is 0 Å². The van der Waals surface area contributed by atoms with Crippen molar-refractivity contribution in [1.29, 1.82) is 0 Å². The van der Waals surface area contributed by atoms with Gasteiger partial charge in [-0.2, -0.15) is 0 Å². The first-order chi connectivity index (χ1) is 10.1. The van der Waals surface area contributed by atoms with Crippen LogP contribution in [0.15, 0.2) is 48.5 Å². The van der Waals surface area contributed by atoms with E-state index in [1.165, 1.54) is 0 Å². The lowest BCUT2D eigenvalue weighted by atomic mass is 10.1. The largest absolute Gasteiger partial charge is 0.273 e. The molecule has 0 fully saturated rings. The van der Waals surface area contributed by atoms with Crippen LogP contribution in [0.3, 0.4) is 0 Å². The highest BCUT2D eigenvalue weighted by Gasteiger charge is 2.11. The zero-order chi connectivity index (χ0) is 15.2. The maximum atomic E-state index is 12.0. The van der Waals surface area contributed by atoms with Crippen molar-refractivity contribution in [2.24, 2.45) is 0 Å². The number of rotatable bonds is 3. The molecule has 0 aliphatic rings. The number of carbonyl (C=O) groups excluding carboxylic acids is 2. The van der Waals surface area contributed by atoms with Gasteiger partial charge in [0.05, 0.1) is 12.0 Å². The molecule has 0 aliphatic heterocycles. The third-order valence-corrected chi connectivity index (χ3v) is 3.87. The fraction of sp³-hybridized carbons (Fsp3) is 0.0667. The Hall–Kier alpha value is -1.60. The van der Waals surface area contributed by atoms with Crippen molar-refractivity contribution in [3.05, 3.63) is 68.3 Å². The molecule has 6 heteroatoms. The summed E-state index contributed by atoms with van der Waals surface area (Å²) < 4.78 is 0.756. The number of benzene rings is 2. The Kier molecular flexibility index (Phi) is 5.58. The summed E-state index contributed by atoms with van der Waals surface area (Å²) in [4.78, 5) is 23.7. The van der Waals surface area contributed by atoms with E-state index in [9.17, 15) is 9.59 Å². The third kappa shape index (κ3) is 4.71. The fourth-order valence-electron chi connectivity index (χ4n) is 1.69. The normalized spacial score (nSPS) is 10.0. The highest BCUT2D eigenvalue weighted by molar-refractivity contribution is 14.1. The minimum atomic E-state index is -0.400. The van der Waals surface area contributed by atoms with Crippen LogP contribution < -0.4 is 10.9 Å². The molecule has 2 amide bonds. The predicted octanol–water partition coefficient (Wildman–Crippen LogP) is 2.95. The van der Waals surface area contributed by atoms with E-state index in [2.05, 4.69) is 10.9 Å². The number of hydrogen-bond donors (Lipinski definition) is 2. The SMILES string of the molecule is O=C(Cc1ccccc1)NNC(=O)c1cc(Cl)ccc1I. The second-order valence-corrected chi connectivity index (χ2v) is 5.89. The maximum Gasteiger partial charge on any atom is 0.270 e. The maximum absolute atomic E-state index is 12.0. The summed E-state index contributed by atoms with van der Waals surface area (Å²) in [7, 11) is 0. The Morgan fingerprint density at radius 3 is 2.48 bits per heavy atom. The van der Waals surface area contributed by atoms with Gasteiger partial charge >= 0.3 is 0 Å². The van der Waals surface area contributed by atoms with Gasteiger partial charge in [-0.1, -0.05) is 41.9 Å². The molecule has 2 N–H and O–H groups in total. The topological polar surface area (TPSA) is 58.2 Å². The van der Waals surface area contributed by atoms with Crippen molar-refractivity contribution in [2.75, 3.05) is 0 Å². The van der Waals surface area contributed by atoms with Gasteiger partial charge in [-0.15, -0.1) is 0 Å². The molecule has 2 rings (SSSR count). The highest BCUT2D eigenvalue weighted by Crippen LogP contribution is 2.17. The lowest BCUT2D eigenvalue weighted by molar-refractivity contribution is -0.121. The van der Waals surface area contributed by atoms with Crippen molar-refractivity contribution in [2.45, 2.75) is 6.42 Å². The minimum Gasteiger partial charge on any atom is -0.273 e. The number of hydrogen-bond acceptors (Lipinski definition) is 2. The molecule has 2 aromatic carbocycles. The van der Waals surface area contributed by atoms with Crippen LogP contribution in [0.25, 0.3) is 0 Å². The van der Waals surface area contributed by atoms with Gasteiger partial charge in [0.25, 0.3) is 5.91 Å². The molecule has 0 radical (unpaired) electrons. The van der Waals surface area contributed by atoms with Crippen molar-refractivity contribution >= 4 is 46.0 Å². The first-order valence-electron chi connectivity index (χ1n) is 6.14. The second-order valence-electron chi connectivity index (χ2n) is 4.29. The van der Waals surface area contributed by atoms with Crippen LogP contribution in [0.4, 0.5) is 0 Å². The third-order valence-electron chi connectivity index (χ3n) is 2.70. The van der Waals surface area contributed by atoms with Crippen molar-refractivity contribution in [3.8, 4) is 0 Å². The molecule has 0 unspecified atom stereocenters. The van der Waals surface area contributed by atoms with Gasteiger partial charge in [0.1, 0.15) is 0 Å². The monoisotopic (exact) mass is 414 g/mol. The van der Waals surface area contributed by atoms with Crippen LogP contribution >= 0.6 is 34.2 Å². The van der Waals surface area contributed by atoms with E-state index in [1.807, 2.05) is 52.9 Å². The van der Waals surface area contributed by atoms with E-state index in [4.69, 9.17) is 11.6 Å². The molecule has 0 heterocycles. The average molecular weight is 415 g/mol. The van der Waals surface area contributed by atoms with E-state index in [0.29, 0.717) is 10.6 Å². The van der Waals surface area contributed by atoms with Crippen molar-refractivity contribution < 1.29 is 9.59 Å². The summed E-state index contributed by atoms with van der Waals surface area (Å²) in [6.45, 7) is 0. The summed E-state index contributed by atoms with van der Waals surface area (Å²) in [6, 6.07) is 14.3. The van der Waals surface area contributed by atoms with Crippen molar-refractivity contribution in [1.82, 2.24) is 10.9 Å². The summed E-state index contributed by atoms with van der Waals surface area (Å²) in [5.41, 5.74) is 6.07. The first-order valence-corrected chi connectivity index (χ1v) is 7.60. The number of amides is 2. The molecule has 0 atom stereocenters. The molecule has 0 spiro atoms. The van der Waals surface area contributed by atoms with Crippen LogP contribution in [0.5, 0.6) is 0 Å². The quantitative estimate of drug-likeness (QED) is 0.599. The van der Waals surface area contributed by atoms with Gasteiger partial charge in [0.15, 0.2) is 0 Å². The Bertz CT molecular complexity index is 662. The van der Waals surface area contributed by atoms with E-state index in [-0.39, 0.29) is 12.3 Å². The molecule has 108 valence electrons. The summed E-state index contributed by atoms with van der Waals surface area (Å²) in [6.07, 6.45) is 0.202. The smallest absolute Gasteiger partial charge is 0.270 e. The Balaban J connectivity index is 1.92. The van der Waals surface area contributed by atoms with Gasteiger partial charge < -0.3 is 0 Å². The lowest BCUT2D eigenvalue weighted by Gasteiger charge is -2.09. The molecule has 0 aliphatic carbocycles. The number of hydrazine groups is 1. The molecule has 0 aromatic heterocycles. The number of nitrogens with one attached hydrogen (secondary N) is 2. The van der Waals surface area contributed by atoms with Crippen LogP contribution in [-0.2, 0) is 11.2 Å². The summed E-state index contributed by atoms with van der Waals surface area (Å²) in [5, 5.41) is 0.469. The Morgan fingerprint density at radius 2 is 1.76 bits per heavy atom. The van der Waals surface area contributed by atoms with E-state index in [1.54, 1.807) is 18.2 Å². The second kappa shape index (κ2) is 7.42. The van der Waals surface area contributed by atoms with Gasteiger partial charge in [0, 0.05) is 8.59 Å². The molecule has 0 bridgehead atoms. The fourth-order valence-corrected chi connectivity index (χ4v) is 2.44. The molecule has 0 saturated heterocycles. The summed E-state index contributed by atoms with van der Waals surface area (Å²) >= 11 is 7.90.